The zero-order valence-electron chi connectivity index (χ0n) is 13.1. The fourth-order valence-corrected chi connectivity index (χ4v) is 4.63. The van der Waals surface area contributed by atoms with Gasteiger partial charge in [0, 0.05) is 29.8 Å². The minimum atomic E-state index is 0.688. The van der Waals surface area contributed by atoms with Crippen LogP contribution in [0.25, 0.3) is 0 Å². The fourth-order valence-electron chi connectivity index (χ4n) is 4.22. The zero-order valence-corrected chi connectivity index (χ0v) is 14.7. The minimum absolute atomic E-state index is 0.688. The molecule has 116 valence electrons. The van der Waals surface area contributed by atoms with Crippen molar-refractivity contribution in [3.8, 4) is 0 Å². The number of nitrogens with one attached hydrogen (secondary N) is 1. The normalized spacial score (nSPS) is 21.7. The first-order valence-corrected chi connectivity index (χ1v) is 9.20. The van der Waals surface area contributed by atoms with Gasteiger partial charge in [0.05, 0.1) is 0 Å². The Labute approximate surface area is 137 Å². The molecule has 1 heterocycles. The summed E-state index contributed by atoms with van der Waals surface area (Å²) in [5.74, 6) is 0. The van der Waals surface area contributed by atoms with E-state index in [1.807, 2.05) is 7.05 Å². The van der Waals surface area contributed by atoms with Crippen molar-refractivity contribution >= 4 is 21.6 Å². The van der Waals surface area contributed by atoms with Crippen LogP contribution >= 0.6 is 15.9 Å². The quantitative estimate of drug-likeness (QED) is 0.848. The summed E-state index contributed by atoms with van der Waals surface area (Å²) in [6.45, 7) is 3.41. The van der Waals surface area contributed by atoms with Gasteiger partial charge in [-0.25, -0.2) is 0 Å². The largest absolute Gasteiger partial charge is 0.371 e. The van der Waals surface area contributed by atoms with E-state index < -0.39 is 0 Å². The molecule has 2 fully saturated rings. The van der Waals surface area contributed by atoms with E-state index in [0.29, 0.717) is 5.41 Å². The van der Waals surface area contributed by atoms with Crippen LogP contribution in [0.3, 0.4) is 0 Å². The van der Waals surface area contributed by atoms with Crippen molar-refractivity contribution in [2.45, 2.75) is 51.5 Å². The van der Waals surface area contributed by atoms with Crippen molar-refractivity contribution < 1.29 is 0 Å². The molecule has 2 nitrogen and oxygen atoms in total. The van der Waals surface area contributed by atoms with E-state index in [4.69, 9.17) is 0 Å². The predicted octanol–water partition coefficient (Wildman–Crippen LogP) is 4.72. The summed E-state index contributed by atoms with van der Waals surface area (Å²) in [6.07, 6.45) is 10.1. The molecule has 0 aromatic heterocycles. The van der Waals surface area contributed by atoms with Gasteiger partial charge in [0.2, 0.25) is 0 Å². The predicted molar refractivity (Wildman–Crippen MR) is 93.9 cm³/mol. The van der Waals surface area contributed by atoms with Gasteiger partial charge in [-0.3, -0.25) is 0 Å². The molecule has 3 rings (SSSR count). The van der Waals surface area contributed by atoms with Crippen LogP contribution in [-0.2, 0) is 6.54 Å². The molecular weight excluding hydrogens is 324 g/mol. The maximum atomic E-state index is 3.60. The third-order valence-corrected chi connectivity index (χ3v) is 5.98. The first kappa shape index (κ1) is 15.4. The van der Waals surface area contributed by atoms with Crippen LogP contribution in [-0.4, -0.2) is 20.1 Å². The number of anilines is 1. The molecule has 0 bridgehead atoms. The summed E-state index contributed by atoms with van der Waals surface area (Å²) >= 11 is 3.60. The van der Waals surface area contributed by atoms with E-state index in [9.17, 15) is 0 Å². The maximum absolute atomic E-state index is 3.60. The van der Waals surface area contributed by atoms with Gasteiger partial charge in [-0.2, -0.15) is 0 Å². The highest BCUT2D eigenvalue weighted by Gasteiger charge is 2.35. The molecule has 1 saturated carbocycles. The third kappa shape index (κ3) is 3.45. The first-order valence-electron chi connectivity index (χ1n) is 8.40. The molecule has 21 heavy (non-hydrogen) atoms. The van der Waals surface area contributed by atoms with Crippen LogP contribution in [0.5, 0.6) is 0 Å². The summed E-state index contributed by atoms with van der Waals surface area (Å²) in [4.78, 5) is 2.61. The Morgan fingerprint density at radius 2 is 1.81 bits per heavy atom. The summed E-state index contributed by atoms with van der Waals surface area (Å²) < 4.78 is 1.18. The monoisotopic (exact) mass is 350 g/mol. The van der Waals surface area contributed by atoms with Crippen molar-refractivity contribution in [3.63, 3.8) is 0 Å². The standard InChI is InChI=1S/C18H27BrN2/c1-20-14-15-13-16(19)5-6-17(15)21-11-9-18(10-12-21)7-3-2-4-8-18/h5-6,13,20H,2-4,7-12,14H2,1H3. The number of nitrogens with zero attached hydrogens (tertiary/aromatic N) is 1. The van der Waals surface area contributed by atoms with E-state index >= 15 is 0 Å². The zero-order chi connectivity index (χ0) is 14.7. The number of piperidine rings is 1. The Hall–Kier alpha value is -0.540. The van der Waals surface area contributed by atoms with Crippen LogP contribution in [0.15, 0.2) is 22.7 Å². The highest BCUT2D eigenvalue weighted by atomic mass is 79.9. The second-order valence-electron chi connectivity index (χ2n) is 6.85. The molecule has 1 spiro atoms. The van der Waals surface area contributed by atoms with Crippen molar-refractivity contribution in [2.24, 2.45) is 5.41 Å². The van der Waals surface area contributed by atoms with E-state index in [-0.39, 0.29) is 0 Å². The Kier molecular flexibility index (Phi) is 4.90. The van der Waals surface area contributed by atoms with Crippen LogP contribution in [0.2, 0.25) is 0 Å². The molecule has 1 saturated heterocycles. The molecule has 0 radical (unpaired) electrons. The van der Waals surface area contributed by atoms with Crippen LogP contribution in [0.4, 0.5) is 5.69 Å². The minimum Gasteiger partial charge on any atom is -0.371 e. The van der Waals surface area contributed by atoms with Crippen molar-refractivity contribution in [2.75, 3.05) is 25.0 Å². The molecule has 1 aliphatic carbocycles. The van der Waals surface area contributed by atoms with Gasteiger partial charge in [0.25, 0.3) is 0 Å². The van der Waals surface area contributed by atoms with Crippen LogP contribution in [0.1, 0.15) is 50.5 Å². The molecule has 1 aliphatic heterocycles. The molecule has 3 heteroatoms. The van der Waals surface area contributed by atoms with Crippen LogP contribution < -0.4 is 10.2 Å². The number of benzene rings is 1. The second kappa shape index (κ2) is 6.70. The van der Waals surface area contributed by atoms with E-state index in [2.05, 4.69) is 44.3 Å². The molecular formula is C18H27BrN2. The topological polar surface area (TPSA) is 15.3 Å². The SMILES string of the molecule is CNCc1cc(Br)ccc1N1CCC2(CCCCC2)CC1. The maximum Gasteiger partial charge on any atom is 0.0412 e. The molecule has 0 atom stereocenters. The Morgan fingerprint density at radius 3 is 2.48 bits per heavy atom. The molecule has 1 N–H and O–H groups in total. The Bertz CT molecular complexity index is 470. The Morgan fingerprint density at radius 1 is 1.10 bits per heavy atom. The van der Waals surface area contributed by atoms with Crippen molar-refractivity contribution in [1.82, 2.24) is 5.32 Å². The summed E-state index contributed by atoms with van der Waals surface area (Å²) in [5, 5.41) is 3.30. The third-order valence-electron chi connectivity index (χ3n) is 5.49. The van der Waals surface area contributed by atoms with Gasteiger partial charge in [0.15, 0.2) is 0 Å². The van der Waals surface area contributed by atoms with Gasteiger partial charge < -0.3 is 10.2 Å². The van der Waals surface area contributed by atoms with Gasteiger partial charge in [0.1, 0.15) is 0 Å². The summed E-state index contributed by atoms with van der Waals surface area (Å²) in [7, 11) is 2.03. The van der Waals surface area contributed by atoms with E-state index in [1.54, 1.807) is 0 Å². The first-order chi connectivity index (χ1) is 10.2. The smallest absolute Gasteiger partial charge is 0.0412 e. The highest BCUT2D eigenvalue weighted by molar-refractivity contribution is 9.10. The number of hydrogen-bond donors (Lipinski definition) is 1. The van der Waals surface area contributed by atoms with Crippen LogP contribution in [0, 0.1) is 5.41 Å². The average Bonchev–Trinajstić information content (AvgIpc) is 2.50. The second-order valence-corrected chi connectivity index (χ2v) is 7.77. The number of hydrogen-bond acceptors (Lipinski definition) is 2. The lowest BCUT2D eigenvalue weighted by atomic mass is 9.68. The number of rotatable bonds is 3. The molecule has 0 amide bonds. The summed E-state index contributed by atoms with van der Waals surface area (Å²) in [6, 6.07) is 6.73. The lowest BCUT2D eigenvalue weighted by Crippen LogP contribution is -2.41. The van der Waals surface area contributed by atoms with Gasteiger partial charge >= 0.3 is 0 Å². The lowest BCUT2D eigenvalue weighted by molar-refractivity contribution is 0.144. The van der Waals surface area contributed by atoms with E-state index in [1.165, 1.54) is 73.8 Å². The fraction of sp³-hybridized carbons (Fsp3) is 0.667. The van der Waals surface area contributed by atoms with E-state index in [0.717, 1.165) is 6.54 Å². The van der Waals surface area contributed by atoms with Crippen molar-refractivity contribution in [1.29, 1.82) is 0 Å². The lowest BCUT2D eigenvalue weighted by Gasteiger charge is -2.45. The van der Waals surface area contributed by atoms with Crippen molar-refractivity contribution in [3.05, 3.63) is 28.2 Å². The molecule has 1 aromatic rings. The van der Waals surface area contributed by atoms with Gasteiger partial charge in [-0.1, -0.05) is 35.2 Å². The highest BCUT2D eigenvalue weighted by Crippen LogP contribution is 2.45. The van der Waals surface area contributed by atoms with Gasteiger partial charge in [-0.15, -0.1) is 0 Å². The molecule has 2 aliphatic rings. The Balaban J connectivity index is 1.71. The average molecular weight is 351 g/mol. The molecule has 1 aromatic carbocycles. The summed E-state index contributed by atoms with van der Waals surface area (Å²) in [5.41, 5.74) is 3.53. The number of halogens is 1. The molecule has 0 unspecified atom stereocenters. The van der Waals surface area contributed by atoms with Gasteiger partial charge in [-0.05, 0) is 61.9 Å².